The number of nitrogens with zero attached hydrogens (tertiary/aromatic N) is 1. The number of aliphatic imine (C=N–C) groups is 1. The molecule has 1 heterocycles. The Labute approximate surface area is 157 Å². The maximum absolute atomic E-state index is 10.2. The third-order valence-corrected chi connectivity index (χ3v) is 4.26. The lowest BCUT2D eigenvalue weighted by molar-refractivity contribution is 0.354. The molecule has 0 aliphatic rings. The van der Waals surface area contributed by atoms with Crippen LogP contribution < -0.4 is 18.9 Å². The van der Waals surface area contributed by atoms with Gasteiger partial charge in [-0.05, 0) is 23.8 Å². The summed E-state index contributed by atoms with van der Waals surface area (Å²) in [6.07, 6.45) is 1.64. The highest BCUT2D eigenvalue weighted by atomic mass is 16.5. The van der Waals surface area contributed by atoms with Crippen molar-refractivity contribution in [3.8, 4) is 28.9 Å². The first-order valence-corrected chi connectivity index (χ1v) is 8.28. The van der Waals surface area contributed by atoms with E-state index in [0.717, 1.165) is 16.5 Å². The maximum atomic E-state index is 10.2. The zero-order valence-corrected chi connectivity index (χ0v) is 15.7. The summed E-state index contributed by atoms with van der Waals surface area (Å²) < 4.78 is 21.2. The van der Waals surface area contributed by atoms with Gasteiger partial charge in [-0.1, -0.05) is 6.07 Å². The highest BCUT2D eigenvalue weighted by Gasteiger charge is 2.14. The van der Waals surface area contributed by atoms with Gasteiger partial charge < -0.3 is 29.0 Å². The quantitative estimate of drug-likeness (QED) is 0.622. The Hall–Kier alpha value is -3.35. The predicted octanol–water partition coefficient (Wildman–Crippen LogP) is 3.53. The Morgan fingerprint density at radius 3 is 2.19 bits per heavy atom. The van der Waals surface area contributed by atoms with E-state index in [1.54, 1.807) is 40.7 Å². The maximum Gasteiger partial charge on any atom is 0.198 e. The standard InChI is InChI=1S/C20H22N2O5/c1-24-16-6-5-12(7-17(16)25-2)10-21-11-14-13-8-18(26-3)19(27-4)9-15(13)22-20(14)23/h5-9,11,22-23H,10H2,1-4H3. The fourth-order valence-electron chi connectivity index (χ4n) is 2.88. The van der Waals surface area contributed by atoms with Gasteiger partial charge in [0.15, 0.2) is 28.9 Å². The summed E-state index contributed by atoms with van der Waals surface area (Å²) in [6.45, 7) is 0.430. The average molecular weight is 370 g/mol. The third-order valence-electron chi connectivity index (χ3n) is 4.26. The number of hydrogen-bond acceptors (Lipinski definition) is 6. The molecule has 27 heavy (non-hydrogen) atoms. The molecule has 0 saturated heterocycles. The summed E-state index contributed by atoms with van der Waals surface area (Å²) in [6, 6.07) is 9.21. The number of aromatic amines is 1. The van der Waals surface area contributed by atoms with Crippen molar-refractivity contribution in [2.75, 3.05) is 28.4 Å². The van der Waals surface area contributed by atoms with Gasteiger partial charge in [-0.3, -0.25) is 4.99 Å². The molecule has 0 atom stereocenters. The smallest absolute Gasteiger partial charge is 0.198 e. The molecule has 7 nitrogen and oxygen atoms in total. The molecule has 0 bridgehead atoms. The Morgan fingerprint density at radius 2 is 1.52 bits per heavy atom. The summed E-state index contributed by atoms with van der Waals surface area (Å²) in [5.74, 6) is 2.52. The number of aromatic nitrogens is 1. The molecule has 2 N–H and O–H groups in total. The van der Waals surface area contributed by atoms with E-state index < -0.39 is 0 Å². The minimum Gasteiger partial charge on any atom is -0.494 e. The van der Waals surface area contributed by atoms with Gasteiger partial charge in [-0.25, -0.2) is 0 Å². The van der Waals surface area contributed by atoms with Gasteiger partial charge in [-0.15, -0.1) is 0 Å². The molecule has 3 aromatic rings. The molecule has 1 aromatic heterocycles. The molecule has 142 valence electrons. The molecule has 0 fully saturated rings. The highest BCUT2D eigenvalue weighted by molar-refractivity contribution is 6.03. The molecular formula is C20H22N2O5. The van der Waals surface area contributed by atoms with Crippen LogP contribution in [0.4, 0.5) is 0 Å². The Morgan fingerprint density at radius 1 is 0.889 bits per heavy atom. The van der Waals surface area contributed by atoms with Crippen LogP contribution in [0.2, 0.25) is 0 Å². The molecular weight excluding hydrogens is 348 g/mol. The predicted molar refractivity (Wildman–Crippen MR) is 104 cm³/mol. The van der Waals surface area contributed by atoms with Crippen LogP contribution in [0, 0.1) is 0 Å². The molecule has 7 heteroatoms. The number of fused-ring (bicyclic) bond motifs is 1. The number of hydrogen-bond donors (Lipinski definition) is 2. The number of methoxy groups -OCH3 is 4. The van der Waals surface area contributed by atoms with Gasteiger partial charge >= 0.3 is 0 Å². The number of aromatic hydroxyl groups is 1. The van der Waals surface area contributed by atoms with Crippen molar-refractivity contribution in [1.29, 1.82) is 0 Å². The summed E-state index contributed by atoms with van der Waals surface area (Å²) in [7, 11) is 6.33. The monoisotopic (exact) mass is 370 g/mol. The topological polar surface area (TPSA) is 85.3 Å². The SMILES string of the molecule is COc1ccc(CN=Cc2c(O)[nH]c3cc(OC)c(OC)cc23)cc1OC. The molecule has 0 radical (unpaired) electrons. The van der Waals surface area contributed by atoms with Crippen molar-refractivity contribution >= 4 is 17.1 Å². The number of H-pyrrole nitrogens is 1. The van der Waals surface area contributed by atoms with Gasteiger partial charge in [0.05, 0.1) is 46.1 Å². The van der Waals surface area contributed by atoms with Crippen LogP contribution in [0.5, 0.6) is 28.9 Å². The van der Waals surface area contributed by atoms with Crippen LogP contribution in [0.3, 0.4) is 0 Å². The molecule has 3 rings (SSSR count). The van der Waals surface area contributed by atoms with Crippen LogP contribution in [0.15, 0.2) is 35.3 Å². The largest absolute Gasteiger partial charge is 0.494 e. The van der Waals surface area contributed by atoms with Gasteiger partial charge in [0.25, 0.3) is 0 Å². The second-order valence-corrected chi connectivity index (χ2v) is 5.80. The Kier molecular flexibility index (Phi) is 5.40. The number of nitrogens with one attached hydrogen (secondary N) is 1. The summed E-state index contributed by atoms with van der Waals surface area (Å²) in [4.78, 5) is 7.38. The van der Waals surface area contributed by atoms with Crippen molar-refractivity contribution in [2.45, 2.75) is 6.54 Å². The number of rotatable bonds is 7. The van der Waals surface area contributed by atoms with Crippen LogP contribution in [-0.2, 0) is 6.54 Å². The molecule has 0 saturated carbocycles. The molecule has 2 aromatic carbocycles. The minimum atomic E-state index is 0.0383. The fourth-order valence-corrected chi connectivity index (χ4v) is 2.88. The lowest BCUT2D eigenvalue weighted by atomic mass is 10.1. The normalized spacial score (nSPS) is 11.1. The lowest BCUT2D eigenvalue weighted by Crippen LogP contribution is -1.92. The first-order valence-electron chi connectivity index (χ1n) is 8.28. The highest BCUT2D eigenvalue weighted by Crippen LogP contribution is 2.36. The first-order chi connectivity index (χ1) is 13.1. The third kappa shape index (κ3) is 3.62. The molecule has 0 spiro atoms. The van der Waals surface area contributed by atoms with E-state index >= 15 is 0 Å². The Balaban J connectivity index is 1.89. The fraction of sp³-hybridized carbons (Fsp3) is 0.250. The summed E-state index contributed by atoms with van der Waals surface area (Å²) in [5, 5.41) is 11.0. The summed E-state index contributed by atoms with van der Waals surface area (Å²) >= 11 is 0. The lowest BCUT2D eigenvalue weighted by Gasteiger charge is -2.08. The van der Waals surface area contributed by atoms with Gasteiger partial charge in [0.1, 0.15) is 0 Å². The number of benzene rings is 2. The molecule has 0 aliphatic carbocycles. The van der Waals surface area contributed by atoms with Crippen molar-refractivity contribution in [1.82, 2.24) is 4.98 Å². The minimum absolute atomic E-state index is 0.0383. The van der Waals surface area contributed by atoms with Gasteiger partial charge in [0, 0.05) is 17.7 Å². The Bertz CT molecular complexity index is 978. The van der Waals surface area contributed by atoms with E-state index in [-0.39, 0.29) is 5.88 Å². The van der Waals surface area contributed by atoms with E-state index in [9.17, 15) is 5.11 Å². The first kappa shape index (κ1) is 18.4. The van der Waals surface area contributed by atoms with Crippen molar-refractivity contribution in [2.24, 2.45) is 4.99 Å². The van der Waals surface area contributed by atoms with Crippen LogP contribution in [0.1, 0.15) is 11.1 Å². The van der Waals surface area contributed by atoms with Crippen LogP contribution in [0.25, 0.3) is 10.9 Å². The van der Waals surface area contributed by atoms with E-state index in [4.69, 9.17) is 18.9 Å². The zero-order chi connectivity index (χ0) is 19.4. The van der Waals surface area contributed by atoms with E-state index in [0.29, 0.717) is 35.1 Å². The van der Waals surface area contributed by atoms with Gasteiger partial charge in [0.2, 0.25) is 0 Å². The van der Waals surface area contributed by atoms with Crippen molar-refractivity contribution in [3.63, 3.8) is 0 Å². The van der Waals surface area contributed by atoms with E-state index in [1.807, 2.05) is 24.3 Å². The number of ether oxygens (including phenoxy) is 4. The van der Waals surface area contributed by atoms with Gasteiger partial charge in [-0.2, -0.15) is 0 Å². The van der Waals surface area contributed by atoms with Crippen LogP contribution in [-0.4, -0.2) is 44.7 Å². The second-order valence-electron chi connectivity index (χ2n) is 5.80. The molecule has 0 aliphatic heterocycles. The summed E-state index contributed by atoms with van der Waals surface area (Å²) in [5.41, 5.74) is 2.28. The average Bonchev–Trinajstić information content (AvgIpc) is 3.00. The second kappa shape index (κ2) is 7.90. The zero-order valence-electron chi connectivity index (χ0n) is 15.7. The van der Waals surface area contributed by atoms with Crippen molar-refractivity contribution in [3.05, 3.63) is 41.5 Å². The molecule has 0 unspecified atom stereocenters. The van der Waals surface area contributed by atoms with Crippen LogP contribution >= 0.6 is 0 Å². The molecule has 0 amide bonds. The van der Waals surface area contributed by atoms with E-state index in [2.05, 4.69) is 9.98 Å². The van der Waals surface area contributed by atoms with E-state index in [1.165, 1.54) is 0 Å². The van der Waals surface area contributed by atoms with Crippen molar-refractivity contribution < 1.29 is 24.1 Å².